The van der Waals surface area contributed by atoms with Crippen molar-refractivity contribution in [3.63, 3.8) is 0 Å². The van der Waals surface area contributed by atoms with E-state index < -0.39 is 6.61 Å². The van der Waals surface area contributed by atoms with Gasteiger partial charge in [-0.3, -0.25) is 0 Å². The molecule has 0 radical (unpaired) electrons. The summed E-state index contributed by atoms with van der Waals surface area (Å²) in [5.41, 5.74) is 1.84. The maximum atomic E-state index is 12.5. The van der Waals surface area contributed by atoms with Crippen LogP contribution in [0.3, 0.4) is 0 Å². The number of alkyl halides is 2. The number of nitriles is 1. The Morgan fingerprint density at radius 2 is 2.10 bits per heavy atom. The third-order valence-corrected chi connectivity index (χ3v) is 4.93. The van der Waals surface area contributed by atoms with Crippen LogP contribution in [0.4, 0.5) is 14.5 Å². The maximum absolute atomic E-state index is 12.5. The zero-order valence-electron chi connectivity index (χ0n) is 15.6. The lowest BCUT2D eigenvalue weighted by atomic mass is 10.0. The van der Waals surface area contributed by atoms with Crippen molar-refractivity contribution in [2.45, 2.75) is 12.7 Å². The molecular formula is C19H16Cl2F2N6O. The molecule has 2 aromatic rings. The summed E-state index contributed by atoms with van der Waals surface area (Å²) >= 11 is 12.1. The van der Waals surface area contributed by atoms with E-state index in [1.807, 2.05) is 0 Å². The van der Waals surface area contributed by atoms with Gasteiger partial charge in [0.2, 0.25) is 12.2 Å². The number of rotatable bonds is 5. The minimum absolute atomic E-state index is 0.0270. The van der Waals surface area contributed by atoms with Crippen molar-refractivity contribution in [3.05, 3.63) is 58.1 Å². The monoisotopic (exact) mass is 452 g/mol. The van der Waals surface area contributed by atoms with E-state index in [9.17, 15) is 8.78 Å². The van der Waals surface area contributed by atoms with Crippen LogP contribution in [-0.2, 0) is 0 Å². The first kappa shape index (κ1) is 21.8. The number of guanidine groups is 1. The van der Waals surface area contributed by atoms with Crippen LogP contribution in [0.2, 0.25) is 10.0 Å². The molecule has 156 valence electrons. The molecular weight excluding hydrogens is 437 g/mol. The first-order chi connectivity index (χ1) is 14.4. The molecule has 7 nitrogen and oxygen atoms in total. The number of aliphatic imine (C=N–C) groups is 1. The van der Waals surface area contributed by atoms with Crippen LogP contribution in [0.15, 0.2) is 52.6 Å². The number of nitrogens with one attached hydrogen (secondary N) is 2. The van der Waals surface area contributed by atoms with Gasteiger partial charge in [-0.15, -0.1) is 4.99 Å². The molecule has 2 N–H and O–H groups in total. The van der Waals surface area contributed by atoms with Gasteiger partial charge in [-0.05, 0) is 31.3 Å². The second kappa shape index (κ2) is 9.71. The van der Waals surface area contributed by atoms with E-state index in [1.54, 1.807) is 37.5 Å². The van der Waals surface area contributed by atoms with Gasteiger partial charge in [0.05, 0.1) is 28.3 Å². The zero-order chi connectivity index (χ0) is 21.7. The van der Waals surface area contributed by atoms with Crippen molar-refractivity contribution >= 4 is 40.6 Å². The Kier molecular flexibility index (Phi) is 7.05. The SMILES string of the molecule is CNC1CN(/C(=N\C#N)Nc2cccc(OC(F)F)c2)N=C1c1ccc(Cl)c(Cl)c1. The predicted molar refractivity (Wildman–Crippen MR) is 112 cm³/mol. The summed E-state index contributed by atoms with van der Waals surface area (Å²) in [4.78, 5) is 3.79. The molecule has 0 amide bonds. The van der Waals surface area contributed by atoms with Gasteiger partial charge in [0.15, 0.2) is 0 Å². The van der Waals surface area contributed by atoms with E-state index in [-0.39, 0.29) is 17.8 Å². The first-order valence-electron chi connectivity index (χ1n) is 8.68. The van der Waals surface area contributed by atoms with Crippen molar-refractivity contribution in [1.29, 1.82) is 5.26 Å². The quantitative estimate of drug-likeness (QED) is 0.404. The van der Waals surface area contributed by atoms with Gasteiger partial charge in [-0.2, -0.15) is 19.1 Å². The molecule has 0 aliphatic carbocycles. The van der Waals surface area contributed by atoms with Gasteiger partial charge in [-0.25, -0.2) is 5.01 Å². The molecule has 0 bridgehead atoms. The third-order valence-electron chi connectivity index (χ3n) is 4.19. The Labute approximate surface area is 181 Å². The maximum Gasteiger partial charge on any atom is 0.387 e. The number of anilines is 1. The molecule has 1 unspecified atom stereocenters. The van der Waals surface area contributed by atoms with Gasteiger partial charge in [-0.1, -0.05) is 35.3 Å². The zero-order valence-corrected chi connectivity index (χ0v) is 17.1. The van der Waals surface area contributed by atoms with E-state index in [1.165, 1.54) is 23.2 Å². The van der Waals surface area contributed by atoms with Crippen molar-refractivity contribution in [3.8, 4) is 11.9 Å². The number of hydrazone groups is 1. The highest BCUT2D eigenvalue weighted by Crippen LogP contribution is 2.25. The highest BCUT2D eigenvalue weighted by molar-refractivity contribution is 6.42. The van der Waals surface area contributed by atoms with Gasteiger partial charge in [0.1, 0.15) is 5.75 Å². The standard InChI is InChI=1S/C19H16Cl2F2N6O/c1-25-16-9-29(28-17(16)11-5-6-14(20)15(21)7-11)19(26-10-24)27-12-3-2-4-13(8-12)30-18(22)23/h2-8,16,18,25H,9H2,1H3,(H,26,27). The predicted octanol–water partition coefficient (Wildman–Crippen LogP) is 4.15. The number of nitrogens with zero attached hydrogens (tertiary/aromatic N) is 4. The minimum Gasteiger partial charge on any atom is -0.435 e. The minimum atomic E-state index is -2.94. The molecule has 0 saturated carbocycles. The van der Waals surface area contributed by atoms with Crippen molar-refractivity contribution in [2.24, 2.45) is 10.1 Å². The summed E-state index contributed by atoms with van der Waals surface area (Å²) in [6.07, 6.45) is 1.72. The second-order valence-electron chi connectivity index (χ2n) is 6.10. The van der Waals surface area contributed by atoms with E-state index in [4.69, 9.17) is 28.5 Å². The first-order valence-corrected chi connectivity index (χ1v) is 9.44. The van der Waals surface area contributed by atoms with Gasteiger partial charge in [0, 0.05) is 17.3 Å². The smallest absolute Gasteiger partial charge is 0.387 e. The molecule has 0 fully saturated rings. The fourth-order valence-corrected chi connectivity index (χ4v) is 3.15. The normalized spacial score (nSPS) is 16.4. The molecule has 1 aliphatic heterocycles. The summed E-state index contributed by atoms with van der Waals surface area (Å²) in [6, 6.07) is 10.9. The highest BCUT2D eigenvalue weighted by Gasteiger charge is 2.29. The number of ether oxygens (including phenoxy) is 1. The van der Waals surface area contributed by atoms with Crippen molar-refractivity contribution in [1.82, 2.24) is 10.3 Å². The number of halogens is 4. The molecule has 1 aliphatic rings. The Balaban J connectivity index is 1.87. The van der Waals surface area contributed by atoms with Crippen LogP contribution in [0.1, 0.15) is 5.56 Å². The average molecular weight is 453 g/mol. The molecule has 0 saturated heterocycles. The summed E-state index contributed by atoms with van der Waals surface area (Å²) in [5.74, 6) is 0.0998. The largest absolute Gasteiger partial charge is 0.435 e. The molecule has 1 atom stereocenters. The fraction of sp³-hybridized carbons (Fsp3) is 0.211. The molecule has 11 heteroatoms. The summed E-state index contributed by atoms with van der Waals surface area (Å²) < 4.78 is 29.3. The molecule has 1 heterocycles. The Morgan fingerprint density at radius 3 is 2.77 bits per heavy atom. The summed E-state index contributed by atoms with van der Waals surface area (Å²) in [7, 11) is 1.78. The van der Waals surface area contributed by atoms with E-state index in [0.717, 1.165) is 5.56 Å². The van der Waals surface area contributed by atoms with Crippen molar-refractivity contribution in [2.75, 3.05) is 18.9 Å². The fourth-order valence-electron chi connectivity index (χ4n) is 2.85. The van der Waals surface area contributed by atoms with Gasteiger partial charge in [0.25, 0.3) is 0 Å². The van der Waals surface area contributed by atoms with Crippen LogP contribution < -0.4 is 15.4 Å². The van der Waals surface area contributed by atoms with E-state index in [2.05, 4.69) is 25.5 Å². The lowest BCUT2D eigenvalue weighted by Crippen LogP contribution is -2.39. The van der Waals surface area contributed by atoms with Crippen LogP contribution in [0.25, 0.3) is 0 Å². The lowest BCUT2D eigenvalue weighted by Gasteiger charge is -2.18. The molecule has 30 heavy (non-hydrogen) atoms. The Morgan fingerprint density at radius 1 is 1.30 bits per heavy atom. The number of hydrogen-bond acceptors (Lipinski definition) is 5. The highest BCUT2D eigenvalue weighted by atomic mass is 35.5. The van der Waals surface area contributed by atoms with Crippen LogP contribution in [0, 0.1) is 11.5 Å². The average Bonchev–Trinajstić information content (AvgIpc) is 3.14. The van der Waals surface area contributed by atoms with Gasteiger partial charge >= 0.3 is 6.61 Å². The number of likely N-dealkylation sites (N-methyl/N-ethyl adjacent to an activating group) is 1. The second-order valence-corrected chi connectivity index (χ2v) is 6.92. The summed E-state index contributed by atoms with van der Waals surface area (Å²) in [5, 5.41) is 22.0. The van der Waals surface area contributed by atoms with Crippen molar-refractivity contribution < 1.29 is 13.5 Å². The summed E-state index contributed by atoms with van der Waals surface area (Å²) in [6.45, 7) is -2.58. The Hall–Kier alpha value is -2.93. The topological polar surface area (TPSA) is 85.0 Å². The molecule has 2 aromatic carbocycles. The van der Waals surface area contributed by atoms with Gasteiger partial charge < -0.3 is 15.4 Å². The van der Waals surface area contributed by atoms with E-state index in [0.29, 0.717) is 28.0 Å². The van der Waals surface area contributed by atoms with Crippen LogP contribution in [-0.4, -0.2) is 42.9 Å². The molecule has 3 rings (SSSR count). The number of benzene rings is 2. The third kappa shape index (κ3) is 5.16. The Bertz CT molecular complexity index is 1020. The van der Waals surface area contributed by atoms with Crippen LogP contribution in [0.5, 0.6) is 5.75 Å². The van der Waals surface area contributed by atoms with Crippen LogP contribution >= 0.6 is 23.2 Å². The van der Waals surface area contributed by atoms with E-state index >= 15 is 0 Å². The lowest BCUT2D eigenvalue weighted by molar-refractivity contribution is -0.0497. The molecule has 0 aromatic heterocycles. The number of hydrogen-bond donors (Lipinski definition) is 2. The molecule has 0 spiro atoms.